The van der Waals surface area contributed by atoms with Gasteiger partial charge in [-0.25, -0.2) is 0 Å². The van der Waals surface area contributed by atoms with E-state index in [0.717, 1.165) is 10.4 Å². The highest BCUT2D eigenvalue weighted by Crippen LogP contribution is 2.17. The monoisotopic (exact) mass is 483 g/mol. The van der Waals surface area contributed by atoms with Crippen molar-refractivity contribution in [2.24, 2.45) is 10.9 Å². The van der Waals surface area contributed by atoms with E-state index in [4.69, 9.17) is 4.74 Å². The lowest BCUT2D eigenvalue weighted by Gasteiger charge is -2.23. The quantitative estimate of drug-likeness (QED) is 0.303. The van der Waals surface area contributed by atoms with Crippen LogP contribution in [0.2, 0.25) is 0 Å². The van der Waals surface area contributed by atoms with E-state index in [2.05, 4.69) is 32.3 Å². The van der Waals surface area contributed by atoms with Crippen LogP contribution in [0, 0.1) is 5.92 Å². The fourth-order valence-electron chi connectivity index (χ4n) is 1.87. The Morgan fingerprint density at radius 2 is 2.09 bits per heavy atom. The Morgan fingerprint density at radius 3 is 2.64 bits per heavy atom. The second kappa shape index (κ2) is 10.8. The van der Waals surface area contributed by atoms with Crippen LogP contribution in [0.5, 0.6) is 0 Å². The number of guanidine groups is 1. The van der Waals surface area contributed by atoms with Crippen LogP contribution >= 0.6 is 39.9 Å². The maximum atomic E-state index is 11.4. The van der Waals surface area contributed by atoms with Gasteiger partial charge in [0.15, 0.2) is 5.96 Å². The Balaban J connectivity index is 0.00000441. The second-order valence-corrected chi connectivity index (χ2v) is 5.65. The van der Waals surface area contributed by atoms with Gasteiger partial charge in [0.05, 0.1) is 13.0 Å². The van der Waals surface area contributed by atoms with Gasteiger partial charge >= 0.3 is 5.97 Å². The van der Waals surface area contributed by atoms with Gasteiger partial charge in [-0.3, -0.25) is 9.79 Å². The number of halogens is 2. The normalized spacial score (nSPS) is 12.1. The van der Waals surface area contributed by atoms with Crippen molar-refractivity contribution in [2.75, 3.05) is 27.7 Å². The van der Waals surface area contributed by atoms with Gasteiger partial charge in [-0.1, -0.05) is 41.1 Å². The van der Waals surface area contributed by atoms with Crippen LogP contribution in [0.15, 0.2) is 33.7 Å². The lowest BCUT2D eigenvalue weighted by Crippen LogP contribution is -2.41. The molecule has 5 nitrogen and oxygen atoms in total. The molecule has 0 radical (unpaired) electrons. The molecule has 0 saturated carbocycles. The molecule has 1 aromatic carbocycles. The lowest BCUT2D eigenvalue weighted by atomic mass is 10.2. The SMILES string of the molecule is CN=C(NCC(C)C(=O)OC)N(C)Cc1ccccc1Br.I. The summed E-state index contributed by atoms with van der Waals surface area (Å²) >= 11 is 3.54. The smallest absolute Gasteiger partial charge is 0.310 e. The van der Waals surface area contributed by atoms with E-state index < -0.39 is 0 Å². The minimum atomic E-state index is -0.230. The molecule has 22 heavy (non-hydrogen) atoms. The summed E-state index contributed by atoms with van der Waals surface area (Å²) in [5.41, 5.74) is 1.17. The average molecular weight is 484 g/mol. The number of carbonyl (C=O) groups excluding carboxylic acids is 1. The Bertz CT molecular complexity index is 511. The molecule has 0 saturated heterocycles. The molecule has 1 aromatic rings. The summed E-state index contributed by atoms with van der Waals surface area (Å²) in [6.45, 7) is 3.02. The number of carbonyl (C=O) groups is 1. The van der Waals surface area contributed by atoms with E-state index in [9.17, 15) is 4.79 Å². The maximum absolute atomic E-state index is 11.4. The Kier molecular flexibility index (Phi) is 10.4. The zero-order valence-corrected chi connectivity index (χ0v) is 17.2. The molecule has 0 spiro atoms. The van der Waals surface area contributed by atoms with E-state index in [1.54, 1.807) is 7.05 Å². The van der Waals surface area contributed by atoms with Crippen molar-refractivity contribution >= 4 is 51.8 Å². The zero-order chi connectivity index (χ0) is 15.8. The van der Waals surface area contributed by atoms with Crippen LogP contribution in [0.1, 0.15) is 12.5 Å². The third kappa shape index (κ3) is 6.51. The summed E-state index contributed by atoms with van der Waals surface area (Å²) in [5, 5.41) is 3.18. The van der Waals surface area contributed by atoms with Crippen LogP contribution < -0.4 is 5.32 Å². The molecular weight excluding hydrogens is 461 g/mol. The minimum absolute atomic E-state index is 0. The summed E-state index contributed by atoms with van der Waals surface area (Å²) in [4.78, 5) is 17.6. The Morgan fingerprint density at radius 1 is 1.45 bits per heavy atom. The van der Waals surface area contributed by atoms with Crippen molar-refractivity contribution in [1.82, 2.24) is 10.2 Å². The van der Waals surface area contributed by atoms with Crippen molar-refractivity contribution < 1.29 is 9.53 Å². The number of ether oxygens (including phenoxy) is 1. The average Bonchev–Trinajstić information content (AvgIpc) is 2.49. The summed E-state index contributed by atoms with van der Waals surface area (Å²) in [6.07, 6.45) is 0. The van der Waals surface area contributed by atoms with Gasteiger partial charge < -0.3 is 15.0 Å². The number of aliphatic imine (C=N–C) groups is 1. The number of hydrogen-bond acceptors (Lipinski definition) is 3. The highest BCUT2D eigenvalue weighted by atomic mass is 127. The molecule has 0 heterocycles. The fourth-order valence-corrected chi connectivity index (χ4v) is 2.28. The first-order valence-electron chi connectivity index (χ1n) is 6.72. The van der Waals surface area contributed by atoms with Gasteiger partial charge in [0, 0.05) is 31.7 Å². The number of methoxy groups -OCH3 is 1. The van der Waals surface area contributed by atoms with Gasteiger partial charge in [-0.15, -0.1) is 24.0 Å². The van der Waals surface area contributed by atoms with E-state index >= 15 is 0 Å². The Labute approximate surface area is 157 Å². The maximum Gasteiger partial charge on any atom is 0.310 e. The van der Waals surface area contributed by atoms with Crippen LogP contribution in [0.25, 0.3) is 0 Å². The largest absolute Gasteiger partial charge is 0.469 e. The molecule has 0 aromatic heterocycles. The Hall–Kier alpha value is -0.830. The molecule has 1 rings (SSSR count). The molecule has 7 heteroatoms. The minimum Gasteiger partial charge on any atom is -0.469 e. The van der Waals surface area contributed by atoms with Crippen LogP contribution in [-0.2, 0) is 16.1 Å². The van der Waals surface area contributed by atoms with Gasteiger partial charge in [-0.05, 0) is 11.6 Å². The molecule has 0 aliphatic heterocycles. The number of rotatable bonds is 5. The van der Waals surface area contributed by atoms with Gasteiger partial charge in [0.25, 0.3) is 0 Å². The molecular formula is C15H23BrIN3O2. The molecule has 0 aliphatic carbocycles. The first kappa shape index (κ1) is 21.2. The predicted octanol–water partition coefficient (Wildman–Crippen LogP) is 2.88. The number of esters is 1. The van der Waals surface area contributed by atoms with Crippen molar-refractivity contribution in [1.29, 1.82) is 0 Å². The highest BCUT2D eigenvalue weighted by Gasteiger charge is 2.15. The van der Waals surface area contributed by atoms with E-state index in [0.29, 0.717) is 13.1 Å². The first-order valence-corrected chi connectivity index (χ1v) is 7.52. The van der Waals surface area contributed by atoms with E-state index in [-0.39, 0.29) is 35.9 Å². The van der Waals surface area contributed by atoms with Gasteiger partial charge in [-0.2, -0.15) is 0 Å². The molecule has 1 unspecified atom stereocenters. The third-order valence-corrected chi connectivity index (χ3v) is 3.88. The molecule has 124 valence electrons. The summed E-state index contributed by atoms with van der Waals surface area (Å²) < 4.78 is 5.78. The number of benzene rings is 1. The topological polar surface area (TPSA) is 53.9 Å². The van der Waals surface area contributed by atoms with Crippen molar-refractivity contribution in [3.8, 4) is 0 Å². The number of nitrogens with zero attached hydrogens (tertiary/aromatic N) is 2. The standard InChI is InChI=1S/C15H22BrN3O2.HI/c1-11(14(20)21-4)9-18-15(17-2)19(3)10-12-7-5-6-8-13(12)16;/h5-8,11H,9-10H2,1-4H3,(H,17,18);1H. The fraction of sp³-hybridized carbons (Fsp3) is 0.467. The van der Waals surface area contributed by atoms with Gasteiger partial charge in [0.1, 0.15) is 0 Å². The predicted molar refractivity (Wildman–Crippen MR) is 104 cm³/mol. The second-order valence-electron chi connectivity index (χ2n) is 4.80. The zero-order valence-electron chi connectivity index (χ0n) is 13.3. The van der Waals surface area contributed by atoms with Crippen LogP contribution in [-0.4, -0.2) is 44.6 Å². The molecule has 0 amide bonds. The van der Waals surface area contributed by atoms with Gasteiger partial charge in [0.2, 0.25) is 0 Å². The molecule has 0 bridgehead atoms. The molecule has 0 aliphatic rings. The third-order valence-electron chi connectivity index (χ3n) is 3.11. The highest BCUT2D eigenvalue weighted by molar-refractivity contribution is 14.0. The van der Waals surface area contributed by atoms with Crippen LogP contribution in [0.4, 0.5) is 0 Å². The molecule has 1 atom stereocenters. The van der Waals surface area contributed by atoms with Crippen molar-refractivity contribution in [2.45, 2.75) is 13.5 Å². The van der Waals surface area contributed by atoms with E-state index in [1.165, 1.54) is 12.7 Å². The first-order chi connectivity index (χ1) is 9.99. The number of nitrogens with one attached hydrogen (secondary N) is 1. The summed E-state index contributed by atoms with van der Waals surface area (Å²) in [6, 6.07) is 8.06. The molecule has 1 N–H and O–H groups in total. The van der Waals surface area contributed by atoms with Crippen molar-refractivity contribution in [3.63, 3.8) is 0 Å². The summed E-state index contributed by atoms with van der Waals surface area (Å²) in [7, 11) is 5.08. The molecule has 0 fully saturated rings. The number of hydrogen-bond donors (Lipinski definition) is 1. The lowest BCUT2D eigenvalue weighted by molar-refractivity contribution is -0.144. The van der Waals surface area contributed by atoms with E-state index in [1.807, 2.05) is 37.1 Å². The summed E-state index contributed by atoms with van der Waals surface area (Å²) in [5.74, 6) is 0.288. The van der Waals surface area contributed by atoms with Crippen LogP contribution in [0.3, 0.4) is 0 Å². The van der Waals surface area contributed by atoms with Crippen molar-refractivity contribution in [3.05, 3.63) is 34.3 Å².